The lowest BCUT2D eigenvalue weighted by molar-refractivity contribution is 0.387. The molecule has 0 aliphatic carbocycles. The lowest BCUT2D eigenvalue weighted by Gasteiger charge is -2.10. The molecule has 0 aliphatic heterocycles. The molecule has 23 heavy (non-hydrogen) atoms. The van der Waals surface area contributed by atoms with Gasteiger partial charge in [-0.05, 0) is 24.3 Å². The number of methoxy groups -OCH3 is 1. The van der Waals surface area contributed by atoms with Crippen LogP contribution in [-0.4, -0.2) is 27.3 Å². The first-order chi connectivity index (χ1) is 11.2. The number of ether oxygens (including phenoxy) is 1. The van der Waals surface area contributed by atoms with Crippen LogP contribution in [0, 0.1) is 5.82 Å². The van der Waals surface area contributed by atoms with Gasteiger partial charge in [0.2, 0.25) is 0 Å². The van der Waals surface area contributed by atoms with Gasteiger partial charge in [-0.2, -0.15) is 5.10 Å². The van der Waals surface area contributed by atoms with Gasteiger partial charge in [0.1, 0.15) is 12.1 Å². The normalized spacial score (nSPS) is 11.0. The average Bonchev–Trinajstić information content (AvgIpc) is 3.02. The number of nitrogens with zero attached hydrogens (tertiary/aromatic N) is 3. The van der Waals surface area contributed by atoms with E-state index >= 15 is 0 Å². The van der Waals surface area contributed by atoms with E-state index in [1.165, 1.54) is 19.5 Å². The number of halogens is 1. The van der Waals surface area contributed by atoms with E-state index in [0.29, 0.717) is 16.7 Å². The monoisotopic (exact) mass is 309 g/mol. The first-order valence-corrected chi connectivity index (χ1v) is 6.93. The van der Waals surface area contributed by atoms with Crippen LogP contribution in [0.1, 0.15) is 0 Å². The van der Waals surface area contributed by atoms with Crippen molar-refractivity contribution >= 4 is 33.3 Å². The lowest BCUT2D eigenvalue weighted by Crippen LogP contribution is -1.97. The topological polar surface area (TPSA) is 75.7 Å². The largest absolute Gasteiger partial charge is 0.494 e. The highest BCUT2D eigenvalue weighted by Gasteiger charge is 2.10. The van der Waals surface area contributed by atoms with E-state index in [4.69, 9.17) is 4.74 Å². The number of H-pyrrole nitrogens is 1. The summed E-state index contributed by atoms with van der Waals surface area (Å²) in [6.45, 7) is 0. The van der Waals surface area contributed by atoms with Crippen molar-refractivity contribution in [1.29, 1.82) is 0 Å². The summed E-state index contributed by atoms with van der Waals surface area (Å²) in [6, 6.07) is 8.71. The smallest absolute Gasteiger partial charge is 0.167 e. The molecule has 2 aromatic heterocycles. The van der Waals surface area contributed by atoms with Gasteiger partial charge in [-0.15, -0.1) is 0 Å². The molecular formula is C16H12FN5O. The molecule has 0 fully saturated rings. The first-order valence-electron chi connectivity index (χ1n) is 6.93. The zero-order valence-corrected chi connectivity index (χ0v) is 12.2. The zero-order valence-electron chi connectivity index (χ0n) is 12.2. The van der Waals surface area contributed by atoms with Crippen molar-refractivity contribution in [2.24, 2.45) is 0 Å². The van der Waals surface area contributed by atoms with Crippen LogP contribution < -0.4 is 10.1 Å². The standard InChI is InChI=1S/C16H12FN5O/c1-23-15-5-11-14(6-12(15)17)18-8-19-16(11)21-10-2-3-13-9(4-10)7-20-22-13/h2-8H,1H3,(H,20,22)(H,18,19,21). The van der Waals surface area contributed by atoms with Gasteiger partial charge in [0.15, 0.2) is 11.6 Å². The predicted octanol–water partition coefficient (Wildman–Crippen LogP) is 3.40. The van der Waals surface area contributed by atoms with E-state index in [1.807, 2.05) is 18.2 Å². The summed E-state index contributed by atoms with van der Waals surface area (Å²) in [6.07, 6.45) is 3.14. The summed E-state index contributed by atoms with van der Waals surface area (Å²) in [4.78, 5) is 8.35. The first kappa shape index (κ1) is 13.4. The maximum atomic E-state index is 13.8. The molecule has 0 spiro atoms. The molecule has 0 unspecified atom stereocenters. The van der Waals surface area contributed by atoms with E-state index in [2.05, 4.69) is 25.5 Å². The second-order valence-corrected chi connectivity index (χ2v) is 5.02. The Morgan fingerprint density at radius 3 is 2.96 bits per heavy atom. The number of hydrogen-bond acceptors (Lipinski definition) is 5. The maximum absolute atomic E-state index is 13.8. The highest BCUT2D eigenvalue weighted by molar-refractivity contribution is 5.92. The summed E-state index contributed by atoms with van der Waals surface area (Å²) in [5, 5.41) is 11.8. The van der Waals surface area contributed by atoms with E-state index in [-0.39, 0.29) is 5.75 Å². The van der Waals surface area contributed by atoms with Crippen molar-refractivity contribution in [2.75, 3.05) is 12.4 Å². The Bertz CT molecular complexity index is 1010. The third-order valence-electron chi connectivity index (χ3n) is 3.61. The van der Waals surface area contributed by atoms with E-state index < -0.39 is 5.82 Å². The molecule has 0 saturated carbocycles. The minimum Gasteiger partial charge on any atom is -0.494 e. The summed E-state index contributed by atoms with van der Waals surface area (Å²) in [5.41, 5.74) is 2.30. The van der Waals surface area contributed by atoms with Crippen molar-refractivity contribution in [3.8, 4) is 5.75 Å². The third-order valence-corrected chi connectivity index (χ3v) is 3.61. The Labute approximate surface area is 130 Å². The third kappa shape index (κ3) is 2.32. The second kappa shape index (κ2) is 5.20. The number of aromatic amines is 1. The van der Waals surface area contributed by atoms with Gasteiger partial charge in [0, 0.05) is 22.5 Å². The molecule has 0 bridgehead atoms. The Morgan fingerprint density at radius 2 is 2.09 bits per heavy atom. The lowest BCUT2D eigenvalue weighted by atomic mass is 10.2. The minimum absolute atomic E-state index is 0.153. The second-order valence-electron chi connectivity index (χ2n) is 5.02. The fourth-order valence-electron chi connectivity index (χ4n) is 2.47. The summed E-state index contributed by atoms with van der Waals surface area (Å²) < 4.78 is 18.8. The van der Waals surface area contributed by atoms with E-state index in [0.717, 1.165) is 16.6 Å². The molecule has 2 N–H and O–H groups in total. The number of rotatable bonds is 3. The Morgan fingerprint density at radius 1 is 1.17 bits per heavy atom. The Balaban J connectivity index is 1.81. The SMILES string of the molecule is COc1cc2c(Nc3ccc4[nH]ncc4c3)ncnc2cc1F. The highest BCUT2D eigenvalue weighted by Crippen LogP contribution is 2.29. The van der Waals surface area contributed by atoms with Crippen LogP contribution in [0.2, 0.25) is 0 Å². The zero-order chi connectivity index (χ0) is 15.8. The van der Waals surface area contributed by atoms with Crippen LogP contribution >= 0.6 is 0 Å². The number of benzene rings is 2. The molecule has 0 radical (unpaired) electrons. The van der Waals surface area contributed by atoms with Crippen molar-refractivity contribution in [2.45, 2.75) is 0 Å². The van der Waals surface area contributed by atoms with Gasteiger partial charge in [-0.3, -0.25) is 5.10 Å². The Kier molecular flexibility index (Phi) is 3.04. The van der Waals surface area contributed by atoms with Crippen LogP contribution in [0.15, 0.2) is 42.9 Å². The molecule has 0 amide bonds. The molecule has 0 saturated heterocycles. The van der Waals surface area contributed by atoms with Crippen LogP contribution in [0.25, 0.3) is 21.8 Å². The molecule has 2 aromatic carbocycles. The van der Waals surface area contributed by atoms with Crippen molar-refractivity contribution in [1.82, 2.24) is 20.2 Å². The summed E-state index contributed by atoms with van der Waals surface area (Å²) in [5.74, 6) is 0.279. The predicted molar refractivity (Wildman–Crippen MR) is 85.4 cm³/mol. The number of anilines is 2. The molecule has 0 aliphatic rings. The molecule has 7 heteroatoms. The molecule has 4 aromatic rings. The van der Waals surface area contributed by atoms with Crippen LogP contribution in [0.4, 0.5) is 15.9 Å². The van der Waals surface area contributed by atoms with Gasteiger partial charge in [-0.25, -0.2) is 14.4 Å². The molecule has 0 atom stereocenters. The van der Waals surface area contributed by atoms with Gasteiger partial charge in [-0.1, -0.05) is 0 Å². The molecule has 4 rings (SSSR count). The van der Waals surface area contributed by atoms with Crippen LogP contribution in [0.3, 0.4) is 0 Å². The van der Waals surface area contributed by atoms with Crippen molar-refractivity contribution in [3.63, 3.8) is 0 Å². The van der Waals surface area contributed by atoms with Gasteiger partial charge < -0.3 is 10.1 Å². The van der Waals surface area contributed by atoms with Crippen molar-refractivity contribution in [3.05, 3.63) is 48.7 Å². The van der Waals surface area contributed by atoms with Crippen molar-refractivity contribution < 1.29 is 9.13 Å². The highest BCUT2D eigenvalue weighted by atomic mass is 19.1. The fraction of sp³-hybridized carbons (Fsp3) is 0.0625. The molecular weight excluding hydrogens is 297 g/mol. The Hall–Kier alpha value is -3.22. The van der Waals surface area contributed by atoms with E-state index in [9.17, 15) is 4.39 Å². The minimum atomic E-state index is -0.454. The average molecular weight is 309 g/mol. The molecule has 114 valence electrons. The van der Waals surface area contributed by atoms with Crippen LogP contribution in [0.5, 0.6) is 5.75 Å². The van der Waals surface area contributed by atoms with Gasteiger partial charge in [0.25, 0.3) is 0 Å². The summed E-state index contributed by atoms with van der Waals surface area (Å²) in [7, 11) is 1.42. The quantitative estimate of drug-likeness (QED) is 0.606. The van der Waals surface area contributed by atoms with Gasteiger partial charge >= 0.3 is 0 Å². The van der Waals surface area contributed by atoms with Gasteiger partial charge in [0.05, 0.1) is 24.3 Å². The van der Waals surface area contributed by atoms with E-state index in [1.54, 1.807) is 12.3 Å². The number of nitrogens with one attached hydrogen (secondary N) is 2. The number of fused-ring (bicyclic) bond motifs is 2. The molecule has 6 nitrogen and oxygen atoms in total. The number of aromatic nitrogens is 4. The maximum Gasteiger partial charge on any atom is 0.167 e. The number of hydrogen-bond donors (Lipinski definition) is 2. The summed E-state index contributed by atoms with van der Waals surface area (Å²) >= 11 is 0. The van der Waals surface area contributed by atoms with Crippen LogP contribution in [-0.2, 0) is 0 Å². The fourth-order valence-corrected chi connectivity index (χ4v) is 2.47. The molecule has 2 heterocycles.